The Hall–Kier alpha value is -1.66. The number of hydrogen-bond acceptors (Lipinski definition) is 3. The van der Waals surface area contributed by atoms with Crippen molar-refractivity contribution in [3.05, 3.63) is 54.8 Å². The molecule has 0 aliphatic carbocycles. The maximum absolute atomic E-state index is 13.2. The third kappa shape index (κ3) is 4.05. The highest BCUT2D eigenvalue weighted by atomic mass is 35.5. The molecule has 7 heteroatoms. The Morgan fingerprint density at radius 3 is 2.75 bits per heavy atom. The maximum Gasteiger partial charge on any atom is 0.308 e. The van der Waals surface area contributed by atoms with Gasteiger partial charge in [-0.2, -0.15) is 0 Å². The second-order valence-corrected chi connectivity index (χ2v) is 7.07. The fourth-order valence-electron chi connectivity index (χ4n) is 2.35. The van der Waals surface area contributed by atoms with Crippen LogP contribution in [0.4, 0.5) is 4.39 Å². The number of nitrogens with zero attached hydrogens (tertiary/aromatic N) is 2. The van der Waals surface area contributed by atoms with Crippen LogP contribution in [-0.4, -0.2) is 29.0 Å². The van der Waals surface area contributed by atoms with Gasteiger partial charge in [0.2, 0.25) is 0 Å². The minimum absolute atomic E-state index is 0.0176. The number of thiazole rings is 1. The van der Waals surface area contributed by atoms with E-state index in [9.17, 15) is 14.0 Å². The Bertz CT molecular complexity index is 800. The number of halogens is 2. The zero-order valence-electron chi connectivity index (χ0n) is 13.9. The van der Waals surface area contributed by atoms with Crippen molar-refractivity contribution in [3.8, 4) is 0 Å². The Morgan fingerprint density at radius 1 is 1.42 bits per heavy atom. The molecule has 0 fully saturated rings. The van der Waals surface area contributed by atoms with Gasteiger partial charge in [0.25, 0.3) is 5.91 Å². The lowest BCUT2D eigenvalue weighted by Gasteiger charge is -2.16. The lowest BCUT2D eigenvalue weighted by molar-refractivity contribution is 0.0796. The molecule has 0 saturated carbocycles. The monoisotopic (exact) mass is 370 g/mol. The summed E-state index contributed by atoms with van der Waals surface area (Å²) in [6, 6.07) is 4.35. The highest BCUT2D eigenvalue weighted by Gasteiger charge is 2.20. The van der Waals surface area contributed by atoms with Crippen molar-refractivity contribution < 1.29 is 9.18 Å². The van der Waals surface area contributed by atoms with Crippen LogP contribution in [0.1, 0.15) is 40.7 Å². The van der Waals surface area contributed by atoms with Crippen molar-refractivity contribution in [1.82, 2.24) is 9.47 Å². The van der Waals surface area contributed by atoms with Gasteiger partial charge < -0.3 is 4.90 Å². The number of rotatable bonds is 6. The van der Waals surface area contributed by atoms with E-state index in [1.165, 1.54) is 16.7 Å². The Morgan fingerprint density at radius 2 is 2.12 bits per heavy atom. The maximum atomic E-state index is 13.2. The molecule has 0 aliphatic rings. The van der Waals surface area contributed by atoms with Crippen LogP contribution in [-0.2, 0) is 6.54 Å². The Labute approximate surface area is 149 Å². The van der Waals surface area contributed by atoms with Crippen LogP contribution in [0.2, 0.25) is 5.02 Å². The van der Waals surface area contributed by atoms with Crippen molar-refractivity contribution in [2.24, 2.45) is 0 Å². The van der Waals surface area contributed by atoms with E-state index in [0.29, 0.717) is 22.7 Å². The second-order valence-electron chi connectivity index (χ2n) is 5.70. The van der Waals surface area contributed by atoms with Crippen LogP contribution >= 0.6 is 22.9 Å². The molecule has 0 spiro atoms. The van der Waals surface area contributed by atoms with Crippen molar-refractivity contribution in [2.45, 2.75) is 33.2 Å². The fraction of sp³-hybridized carbons (Fsp3) is 0.412. The number of carbonyl (C=O) groups is 1. The summed E-state index contributed by atoms with van der Waals surface area (Å²) in [5.74, 6) is -0.637. The SMILES string of the molecule is CCCCN(C)C(=O)c1sc(=O)n(Cc2ccc(F)c(Cl)c2)c1C. The molecule has 0 atom stereocenters. The smallest absolute Gasteiger partial charge is 0.308 e. The molecule has 0 radical (unpaired) electrons. The number of carbonyl (C=O) groups excluding carboxylic acids is 1. The van der Waals surface area contributed by atoms with E-state index >= 15 is 0 Å². The predicted molar refractivity (Wildman–Crippen MR) is 95.7 cm³/mol. The first-order valence-corrected chi connectivity index (χ1v) is 8.94. The molecule has 1 aromatic heterocycles. The molecule has 24 heavy (non-hydrogen) atoms. The van der Waals surface area contributed by atoms with E-state index in [4.69, 9.17) is 11.6 Å². The second kappa shape index (κ2) is 7.94. The third-order valence-corrected chi connectivity index (χ3v) is 5.21. The topological polar surface area (TPSA) is 42.3 Å². The van der Waals surface area contributed by atoms with Gasteiger partial charge >= 0.3 is 4.87 Å². The highest BCUT2D eigenvalue weighted by Crippen LogP contribution is 2.19. The minimum atomic E-state index is -0.497. The van der Waals surface area contributed by atoms with Crippen LogP contribution in [0.5, 0.6) is 0 Å². The van der Waals surface area contributed by atoms with Gasteiger partial charge in [0.15, 0.2) is 0 Å². The van der Waals surface area contributed by atoms with Crippen LogP contribution in [0, 0.1) is 12.7 Å². The molecule has 0 saturated heterocycles. The first-order valence-electron chi connectivity index (χ1n) is 7.74. The summed E-state index contributed by atoms with van der Waals surface area (Å²) in [7, 11) is 1.74. The normalized spacial score (nSPS) is 10.9. The largest absolute Gasteiger partial charge is 0.341 e. The van der Waals surface area contributed by atoms with Gasteiger partial charge in [-0.15, -0.1) is 0 Å². The third-order valence-electron chi connectivity index (χ3n) is 3.86. The molecule has 0 bridgehead atoms. The van der Waals surface area contributed by atoms with E-state index in [-0.39, 0.29) is 22.3 Å². The molecule has 2 rings (SSSR count). The van der Waals surface area contributed by atoms with Crippen LogP contribution in [0.15, 0.2) is 23.0 Å². The van der Waals surface area contributed by atoms with Crippen molar-refractivity contribution in [2.75, 3.05) is 13.6 Å². The summed E-state index contributed by atoms with van der Waals surface area (Å²) in [5, 5.41) is 0.0176. The standard InChI is InChI=1S/C17H20ClFN2O2S/c1-4-5-8-20(3)16(22)15-11(2)21(17(23)24-15)10-12-6-7-14(19)13(18)9-12/h6-7,9H,4-5,8,10H2,1-3H3. The lowest BCUT2D eigenvalue weighted by atomic mass is 10.2. The summed E-state index contributed by atoms with van der Waals surface area (Å²) >= 11 is 6.73. The van der Waals surface area contributed by atoms with Gasteiger partial charge in [-0.25, -0.2) is 4.39 Å². The van der Waals surface area contributed by atoms with Gasteiger partial charge in [0, 0.05) is 19.3 Å². The van der Waals surface area contributed by atoms with Gasteiger partial charge in [0.1, 0.15) is 10.7 Å². The van der Waals surface area contributed by atoms with Crippen molar-refractivity contribution >= 4 is 28.8 Å². The molecule has 2 aromatic rings. The van der Waals surface area contributed by atoms with E-state index in [2.05, 4.69) is 6.92 Å². The predicted octanol–water partition coefficient (Wildman–Crippen LogP) is 3.93. The number of unbranched alkanes of at least 4 members (excludes halogenated alkanes) is 1. The molecule has 1 heterocycles. The molecule has 0 aliphatic heterocycles. The van der Waals surface area contributed by atoms with Gasteiger partial charge in [-0.3, -0.25) is 14.2 Å². The van der Waals surface area contributed by atoms with E-state index < -0.39 is 5.82 Å². The van der Waals surface area contributed by atoms with Crippen LogP contribution in [0.3, 0.4) is 0 Å². The van der Waals surface area contributed by atoms with E-state index in [0.717, 1.165) is 24.2 Å². The number of benzene rings is 1. The number of hydrogen-bond donors (Lipinski definition) is 0. The number of aromatic nitrogens is 1. The van der Waals surface area contributed by atoms with Crippen molar-refractivity contribution in [3.63, 3.8) is 0 Å². The zero-order valence-corrected chi connectivity index (χ0v) is 15.5. The molecule has 130 valence electrons. The molecule has 0 unspecified atom stereocenters. The lowest BCUT2D eigenvalue weighted by Crippen LogP contribution is -2.27. The van der Waals surface area contributed by atoms with Gasteiger partial charge in [0.05, 0.1) is 11.6 Å². The average molecular weight is 371 g/mol. The zero-order chi connectivity index (χ0) is 17.9. The fourth-order valence-corrected chi connectivity index (χ4v) is 3.54. The van der Waals surface area contributed by atoms with Gasteiger partial charge in [-0.05, 0) is 31.0 Å². The van der Waals surface area contributed by atoms with E-state index in [1.54, 1.807) is 24.9 Å². The summed E-state index contributed by atoms with van der Waals surface area (Å²) in [6.07, 6.45) is 1.92. The summed E-state index contributed by atoms with van der Waals surface area (Å²) < 4.78 is 14.8. The van der Waals surface area contributed by atoms with Crippen molar-refractivity contribution in [1.29, 1.82) is 0 Å². The molecule has 0 N–H and O–H groups in total. The first-order chi connectivity index (χ1) is 11.3. The summed E-state index contributed by atoms with van der Waals surface area (Å²) in [6.45, 7) is 4.73. The van der Waals surface area contributed by atoms with Crippen LogP contribution < -0.4 is 4.87 Å². The van der Waals surface area contributed by atoms with Gasteiger partial charge in [-0.1, -0.05) is 42.3 Å². The summed E-state index contributed by atoms with van der Waals surface area (Å²) in [5.41, 5.74) is 1.33. The molecule has 1 aromatic carbocycles. The quantitative estimate of drug-likeness (QED) is 0.773. The Kier molecular flexibility index (Phi) is 6.18. The first kappa shape index (κ1) is 18.7. The highest BCUT2D eigenvalue weighted by molar-refractivity contribution is 7.11. The number of amides is 1. The Balaban J connectivity index is 2.27. The molecular formula is C17H20ClFN2O2S. The summed E-state index contributed by atoms with van der Waals surface area (Å²) in [4.78, 5) is 26.6. The molecule has 4 nitrogen and oxygen atoms in total. The average Bonchev–Trinajstić information content (AvgIpc) is 2.83. The van der Waals surface area contributed by atoms with Crippen LogP contribution in [0.25, 0.3) is 0 Å². The van der Waals surface area contributed by atoms with E-state index in [1.807, 2.05) is 0 Å². The molecule has 1 amide bonds. The minimum Gasteiger partial charge on any atom is -0.341 e. The molecular weight excluding hydrogens is 351 g/mol.